The molecule has 0 saturated carbocycles. The summed E-state index contributed by atoms with van der Waals surface area (Å²) in [4.78, 5) is 23.4. The zero-order chi connectivity index (χ0) is 20.1. The Hall–Kier alpha value is -2.74. The first-order chi connectivity index (χ1) is 14.3. The molecule has 4 heterocycles. The van der Waals surface area contributed by atoms with E-state index >= 15 is 0 Å². The van der Waals surface area contributed by atoms with Gasteiger partial charge in [0, 0.05) is 39.8 Å². The van der Waals surface area contributed by atoms with Crippen LogP contribution in [0.4, 0.5) is 0 Å². The topological polar surface area (TPSA) is 77.5 Å². The van der Waals surface area contributed by atoms with E-state index in [0.29, 0.717) is 18.8 Å². The Bertz CT molecular complexity index is 788. The Balaban J connectivity index is 1.33. The van der Waals surface area contributed by atoms with Gasteiger partial charge in [0.2, 0.25) is 0 Å². The molecule has 1 atom stereocenters. The highest BCUT2D eigenvalue weighted by Gasteiger charge is 2.28. The molecule has 1 amide bonds. The molecule has 1 unspecified atom stereocenters. The molecule has 8 heteroatoms. The second-order valence-electron chi connectivity index (χ2n) is 7.46. The summed E-state index contributed by atoms with van der Waals surface area (Å²) in [5.74, 6) is 2.20. The summed E-state index contributed by atoms with van der Waals surface area (Å²) in [6.45, 7) is 5.70. The van der Waals surface area contributed by atoms with Crippen molar-refractivity contribution in [3.8, 4) is 0 Å². The quantitative estimate of drug-likeness (QED) is 0.613. The second kappa shape index (κ2) is 9.17. The predicted octanol–water partition coefficient (Wildman–Crippen LogP) is 2.04. The Morgan fingerprint density at radius 3 is 2.34 bits per heavy atom. The third kappa shape index (κ3) is 4.48. The van der Waals surface area contributed by atoms with Crippen molar-refractivity contribution in [1.29, 1.82) is 0 Å². The number of aliphatic imine (C=N–C) groups is 1. The first-order valence-corrected chi connectivity index (χ1v) is 10.3. The number of nitrogens with zero attached hydrogens (tertiary/aromatic N) is 4. The summed E-state index contributed by atoms with van der Waals surface area (Å²) < 4.78 is 10.9. The minimum absolute atomic E-state index is 0.0514. The number of nitrogens with one attached hydrogen (secondary N) is 1. The molecule has 2 aromatic rings. The molecular weight excluding hydrogens is 370 g/mol. The molecule has 0 spiro atoms. The lowest BCUT2D eigenvalue weighted by Gasteiger charge is -2.37. The van der Waals surface area contributed by atoms with E-state index in [-0.39, 0.29) is 11.9 Å². The van der Waals surface area contributed by atoms with Crippen molar-refractivity contribution < 1.29 is 13.6 Å². The van der Waals surface area contributed by atoms with Gasteiger partial charge in [0.1, 0.15) is 5.76 Å². The van der Waals surface area contributed by atoms with Gasteiger partial charge in [-0.2, -0.15) is 0 Å². The molecule has 2 aliphatic heterocycles. The first kappa shape index (κ1) is 19.6. The van der Waals surface area contributed by atoms with Crippen molar-refractivity contribution >= 4 is 11.9 Å². The van der Waals surface area contributed by atoms with Crippen molar-refractivity contribution in [1.82, 2.24) is 20.0 Å². The number of hydrogen-bond acceptors (Lipinski definition) is 5. The fourth-order valence-corrected chi connectivity index (χ4v) is 4.14. The van der Waals surface area contributed by atoms with Crippen LogP contribution < -0.4 is 5.32 Å². The Kier molecular flexibility index (Phi) is 6.19. The molecule has 0 bridgehead atoms. The van der Waals surface area contributed by atoms with E-state index in [4.69, 9.17) is 8.83 Å². The number of rotatable bonds is 5. The van der Waals surface area contributed by atoms with Crippen LogP contribution in [0.3, 0.4) is 0 Å². The number of amides is 1. The van der Waals surface area contributed by atoms with Crippen LogP contribution in [0.1, 0.15) is 35.2 Å². The zero-order valence-corrected chi connectivity index (χ0v) is 16.9. The molecule has 2 aliphatic rings. The van der Waals surface area contributed by atoms with Gasteiger partial charge in [-0.05, 0) is 50.2 Å². The van der Waals surface area contributed by atoms with Crippen LogP contribution in [0.2, 0.25) is 0 Å². The van der Waals surface area contributed by atoms with Gasteiger partial charge >= 0.3 is 0 Å². The van der Waals surface area contributed by atoms with E-state index in [1.54, 1.807) is 25.4 Å². The lowest BCUT2D eigenvalue weighted by Crippen LogP contribution is -2.54. The van der Waals surface area contributed by atoms with Crippen LogP contribution in [-0.4, -0.2) is 79.4 Å². The molecule has 156 valence electrons. The molecule has 2 aromatic heterocycles. The van der Waals surface area contributed by atoms with Gasteiger partial charge in [-0.3, -0.25) is 14.7 Å². The van der Waals surface area contributed by atoms with Gasteiger partial charge in [-0.1, -0.05) is 0 Å². The van der Waals surface area contributed by atoms with Crippen LogP contribution in [0.25, 0.3) is 0 Å². The maximum absolute atomic E-state index is 12.5. The molecular formula is C21H29N5O3. The van der Waals surface area contributed by atoms with Gasteiger partial charge in [-0.15, -0.1) is 0 Å². The molecule has 2 saturated heterocycles. The number of furan rings is 2. The van der Waals surface area contributed by atoms with Crippen molar-refractivity contribution in [2.45, 2.75) is 18.9 Å². The highest BCUT2D eigenvalue weighted by Crippen LogP contribution is 2.25. The first-order valence-electron chi connectivity index (χ1n) is 10.3. The summed E-state index contributed by atoms with van der Waals surface area (Å²) in [5, 5.41) is 3.53. The Labute approximate surface area is 171 Å². The summed E-state index contributed by atoms with van der Waals surface area (Å²) in [6, 6.07) is 7.65. The lowest BCUT2D eigenvalue weighted by atomic mass is 10.2. The second-order valence-corrected chi connectivity index (χ2v) is 7.46. The van der Waals surface area contributed by atoms with Crippen molar-refractivity contribution in [3.63, 3.8) is 0 Å². The summed E-state index contributed by atoms with van der Waals surface area (Å²) in [6.07, 6.45) is 5.74. The van der Waals surface area contributed by atoms with Crippen LogP contribution >= 0.6 is 0 Å². The normalized spacial score (nSPS) is 19.6. The van der Waals surface area contributed by atoms with Crippen LogP contribution in [0.5, 0.6) is 0 Å². The monoisotopic (exact) mass is 399 g/mol. The number of piperazine rings is 1. The van der Waals surface area contributed by atoms with Gasteiger partial charge < -0.3 is 24.0 Å². The van der Waals surface area contributed by atoms with E-state index in [1.807, 2.05) is 17.0 Å². The highest BCUT2D eigenvalue weighted by atomic mass is 16.3. The van der Waals surface area contributed by atoms with Crippen molar-refractivity contribution in [3.05, 3.63) is 48.3 Å². The SMILES string of the molecule is CN=C(NCC(c1ccco1)N1CCCC1)N1CCN(C(=O)c2ccco2)CC1. The number of hydrogen-bond donors (Lipinski definition) is 1. The molecule has 0 aliphatic carbocycles. The van der Waals surface area contributed by atoms with E-state index in [9.17, 15) is 4.79 Å². The fourth-order valence-electron chi connectivity index (χ4n) is 4.14. The average Bonchev–Trinajstić information content (AvgIpc) is 3.54. The van der Waals surface area contributed by atoms with E-state index < -0.39 is 0 Å². The predicted molar refractivity (Wildman–Crippen MR) is 110 cm³/mol. The number of carbonyl (C=O) groups is 1. The van der Waals surface area contributed by atoms with E-state index in [1.165, 1.54) is 19.1 Å². The van der Waals surface area contributed by atoms with Gasteiger partial charge in [0.05, 0.1) is 18.6 Å². The van der Waals surface area contributed by atoms with Gasteiger partial charge in [0.25, 0.3) is 5.91 Å². The molecule has 29 heavy (non-hydrogen) atoms. The third-order valence-corrected chi connectivity index (χ3v) is 5.72. The molecule has 4 rings (SSSR count). The third-order valence-electron chi connectivity index (χ3n) is 5.72. The molecule has 0 aromatic carbocycles. The average molecular weight is 399 g/mol. The minimum atomic E-state index is -0.0514. The number of carbonyl (C=O) groups excluding carboxylic acids is 1. The zero-order valence-electron chi connectivity index (χ0n) is 16.9. The van der Waals surface area contributed by atoms with Crippen LogP contribution in [0.15, 0.2) is 50.6 Å². The largest absolute Gasteiger partial charge is 0.468 e. The van der Waals surface area contributed by atoms with Crippen molar-refractivity contribution in [2.24, 2.45) is 4.99 Å². The fraction of sp³-hybridized carbons (Fsp3) is 0.524. The van der Waals surface area contributed by atoms with Gasteiger partial charge in [-0.25, -0.2) is 0 Å². The van der Waals surface area contributed by atoms with Gasteiger partial charge in [0.15, 0.2) is 11.7 Å². The summed E-state index contributed by atoms with van der Waals surface area (Å²) in [5.41, 5.74) is 0. The van der Waals surface area contributed by atoms with Crippen molar-refractivity contribution in [2.75, 3.05) is 52.9 Å². The summed E-state index contributed by atoms with van der Waals surface area (Å²) in [7, 11) is 1.81. The minimum Gasteiger partial charge on any atom is -0.468 e. The Morgan fingerprint density at radius 1 is 1.03 bits per heavy atom. The van der Waals surface area contributed by atoms with E-state index in [0.717, 1.165) is 44.4 Å². The lowest BCUT2D eigenvalue weighted by molar-refractivity contribution is 0.0657. The molecule has 1 N–H and O–H groups in total. The molecule has 8 nitrogen and oxygen atoms in total. The standard InChI is InChI=1S/C21H29N5O3/c1-22-21(23-16-17(18-6-4-14-28-18)24-8-2-3-9-24)26-12-10-25(11-13-26)20(27)19-7-5-15-29-19/h4-7,14-15,17H,2-3,8-13,16H2,1H3,(H,22,23). The molecule has 2 fully saturated rings. The highest BCUT2D eigenvalue weighted by molar-refractivity contribution is 5.91. The van der Waals surface area contributed by atoms with Crippen LogP contribution in [0, 0.1) is 0 Å². The number of likely N-dealkylation sites (tertiary alicyclic amines) is 1. The summed E-state index contributed by atoms with van der Waals surface area (Å²) >= 11 is 0. The maximum Gasteiger partial charge on any atom is 0.289 e. The maximum atomic E-state index is 12.5. The Morgan fingerprint density at radius 2 is 1.72 bits per heavy atom. The van der Waals surface area contributed by atoms with Crippen LogP contribution in [-0.2, 0) is 0 Å². The van der Waals surface area contributed by atoms with E-state index in [2.05, 4.69) is 20.1 Å². The smallest absolute Gasteiger partial charge is 0.289 e. The molecule has 0 radical (unpaired) electrons. The number of guanidine groups is 1.